The highest BCUT2D eigenvalue weighted by Crippen LogP contribution is 2.41. The summed E-state index contributed by atoms with van der Waals surface area (Å²) in [4.78, 5) is 13.0. The van der Waals surface area contributed by atoms with Gasteiger partial charge in [-0.05, 0) is 43.3 Å². The minimum atomic E-state index is -0.697. The van der Waals surface area contributed by atoms with E-state index in [4.69, 9.17) is 14.2 Å². The van der Waals surface area contributed by atoms with Crippen molar-refractivity contribution in [1.29, 1.82) is 0 Å². The van der Waals surface area contributed by atoms with Crippen molar-refractivity contribution in [1.82, 2.24) is 0 Å². The Bertz CT molecular complexity index is 627. The Morgan fingerprint density at radius 3 is 2.86 bits per heavy atom. The minimum absolute atomic E-state index is 0.0592. The average Bonchev–Trinajstić information content (AvgIpc) is 3.06. The number of hydrogen-bond donors (Lipinski definition) is 2. The lowest BCUT2D eigenvalue weighted by atomic mass is 9.75. The van der Waals surface area contributed by atoms with Crippen molar-refractivity contribution >= 4 is 5.97 Å². The summed E-state index contributed by atoms with van der Waals surface area (Å²) in [5, 5.41) is 20.3. The van der Waals surface area contributed by atoms with Gasteiger partial charge in [0.25, 0.3) is 0 Å². The maximum atomic E-state index is 13.0. The molecule has 6 nitrogen and oxygen atoms in total. The summed E-state index contributed by atoms with van der Waals surface area (Å²) in [6.07, 6.45) is 4.23. The van der Waals surface area contributed by atoms with Gasteiger partial charge < -0.3 is 24.4 Å². The van der Waals surface area contributed by atoms with Crippen LogP contribution in [0.5, 0.6) is 0 Å². The smallest absolute Gasteiger partial charge is 0.313 e. The predicted octanol–water partition coefficient (Wildman–Crippen LogP) is 2.77. The Balaban J connectivity index is 1.54. The van der Waals surface area contributed by atoms with Gasteiger partial charge in [-0.3, -0.25) is 4.79 Å². The number of carbonyl (C=O) groups excluding carboxylic acids is 1. The Hall–Kier alpha value is -1.21. The highest BCUT2D eigenvalue weighted by atomic mass is 16.6. The van der Waals surface area contributed by atoms with Gasteiger partial charge in [-0.15, -0.1) is 0 Å². The first kappa shape index (κ1) is 22.5. The zero-order valence-electron chi connectivity index (χ0n) is 17.9. The van der Waals surface area contributed by atoms with Crippen molar-refractivity contribution in [3.05, 3.63) is 23.8 Å². The summed E-state index contributed by atoms with van der Waals surface area (Å²) >= 11 is 0. The maximum absolute atomic E-state index is 13.0. The highest BCUT2D eigenvalue weighted by molar-refractivity contribution is 5.76. The van der Waals surface area contributed by atoms with Crippen LogP contribution >= 0.6 is 0 Å². The molecular weight excluding hydrogens is 372 g/mol. The Kier molecular flexibility index (Phi) is 7.54. The van der Waals surface area contributed by atoms with Crippen molar-refractivity contribution in [3.8, 4) is 0 Å². The molecule has 2 N–H and O–H groups in total. The lowest BCUT2D eigenvalue weighted by molar-refractivity contribution is -0.162. The summed E-state index contributed by atoms with van der Waals surface area (Å²) in [6.45, 7) is 10.9. The predicted molar refractivity (Wildman–Crippen MR) is 109 cm³/mol. The van der Waals surface area contributed by atoms with Crippen molar-refractivity contribution in [2.24, 2.45) is 17.8 Å². The molecule has 0 amide bonds. The van der Waals surface area contributed by atoms with Crippen molar-refractivity contribution < 1.29 is 29.2 Å². The monoisotopic (exact) mass is 408 g/mol. The second kappa shape index (κ2) is 9.73. The number of ether oxygens (including phenoxy) is 3. The normalized spacial score (nSPS) is 35.9. The van der Waals surface area contributed by atoms with Crippen molar-refractivity contribution in [2.45, 2.75) is 83.4 Å². The summed E-state index contributed by atoms with van der Waals surface area (Å²) in [5.41, 5.74) is 1.59. The molecule has 2 saturated heterocycles. The van der Waals surface area contributed by atoms with E-state index in [0.29, 0.717) is 26.1 Å². The molecule has 0 spiro atoms. The molecule has 0 aromatic rings. The SMILES string of the molecule is C=C1COC2C(O)C(C)=CC(C(=O)OC3CCOC(CCCC(O)C(C)C)C3)C12. The first-order valence-electron chi connectivity index (χ1n) is 10.9. The molecule has 3 aliphatic rings. The van der Waals surface area contributed by atoms with E-state index in [2.05, 4.69) is 6.58 Å². The fourth-order valence-electron chi connectivity index (χ4n) is 4.62. The number of rotatable bonds is 7. The molecule has 1 aliphatic carbocycles. The molecular formula is C23H36O6. The summed E-state index contributed by atoms with van der Waals surface area (Å²) in [6, 6.07) is 0. The van der Waals surface area contributed by atoms with Crippen LogP contribution in [0.15, 0.2) is 23.8 Å². The first-order valence-corrected chi connectivity index (χ1v) is 10.9. The largest absolute Gasteiger partial charge is 0.462 e. The van der Waals surface area contributed by atoms with Gasteiger partial charge in [0, 0.05) is 18.8 Å². The third kappa shape index (κ3) is 5.29. The fourth-order valence-corrected chi connectivity index (χ4v) is 4.62. The quantitative estimate of drug-likeness (QED) is 0.498. The number of aliphatic hydroxyl groups is 2. The number of esters is 1. The molecule has 0 aromatic carbocycles. The van der Waals surface area contributed by atoms with Crippen LogP contribution in [0.4, 0.5) is 0 Å². The van der Waals surface area contributed by atoms with Crippen LogP contribution in [0.1, 0.15) is 52.9 Å². The van der Waals surface area contributed by atoms with Gasteiger partial charge in [0.1, 0.15) is 12.2 Å². The van der Waals surface area contributed by atoms with Gasteiger partial charge in [-0.2, -0.15) is 0 Å². The molecule has 2 heterocycles. The Morgan fingerprint density at radius 2 is 2.14 bits per heavy atom. The van der Waals surface area contributed by atoms with E-state index in [9.17, 15) is 15.0 Å². The standard InChI is InChI=1S/C23H36O6/c1-13(2)19(24)7-5-6-16-11-17(8-9-27-16)29-23(26)18-10-14(3)21(25)22-20(18)15(4)12-28-22/h10,13,16-22,24-25H,4-9,11-12H2,1-3H3. The molecule has 0 saturated carbocycles. The van der Waals surface area contributed by atoms with Gasteiger partial charge in [0.05, 0.1) is 37.4 Å². The average molecular weight is 409 g/mol. The highest BCUT2D eigenvalue weighted by Gasteiger charge is 2.48. The van der Waals surface area contributed by atoms with Crippen LogP contribution in [0.3, 0.4) is 0 Å². The topological polar surface area (TPSA) is 85.2 Å². The zero-order chi connectivity index (χ0) is 21.1. The van der Waals surface area contributed by atoms with E-state index < -0.39 is 18.1 Å². The second-order valence-electron chi connectivity index (χ2n) is 9.16. The Labute approximate surface area is 173 Å². The summed E-state index contributed by atoms with van der Waals surface area (Å²) in [5.74, 6) is -0.686. The second-order valence-corrected chi connectivity index (χ2v) is 9.16. The number of carbonyl (C=O) groups is 1. The van der Waals surface area contributed by atoms with Crippen LogP contribution in [0, 0.1) is 17.8 Å². The Morgan fingerprint density at radius 1 is 1.38 bits per heavy atom. The molecule has 0 bridgehead atoms. The molecule has 2 fully saturated rings. The lowest BCUT2D eigenvalue weighted by Crippen LogP contribution is -2.44. The third-order valence-electron chi connectivity index (χ3n) is 6.56. The van der Waals surface area contributed by atoms with Crippen LogP contribution in [-0.2, 0) is 19.0 Å². The van der Waals surface area contributed by atoms with Crippen LogP contribution in [-0.4, -0.2) is 59.9 Å². The van der Waals surface area contributed by atoms with E-state index in [1.54, 1.807) is 0 Å². The van der Waals surface area contributed by atoms with E-state index in [1.165, 1.54) is 0 Å². The van der Waals surface area contributed by atoms with Gasteiger partial charge in [0.15, 0.2) is 0 Å². The molecule has 3 rings (SSSR count). The number of hydrogen-bond acceptors (Lipinski definition) is 6. The van der Waals surface area contributed by atoms with E-state index >= 15 is 0 Å². The van der Waals surface area contributed by atoms with Gasteiger partial charge in [0.2, 0.25) is 0 Å². The molecule has 7 atom stereocenters. The van der Waals surface area contributed by atoms with Crippen LogP contribution in [0.2, 0.25) is 0 Å². The van der Waals surface area contributed by atoms with E-state index in [1.807, 2.05) is 26.8 Å². The van der Waals surface area contributed by atoms with Crippen molar-refractivity contribution in [2.75, 3.05) is 13.2 Å². The minimum Gasteiger partial charge on any atom is -0.462 e. The molecule has 2 aliphatic heterocycles. The molecule has 29 heavy (non-hydrogen) atoms. The summed E-state index contributed by atoms with van der Waals surface area (Å²) in [7, 11) is 0. The van der Waals surface area contributed by atoms with Gasteiger partial charge >= 0.3 is 5.97 Å². The number of aliphatic hydroxyl groups excluding tert-OH is 2. The van der Waals surface area contributed by atoms with Gasteiger partial charge in [-0.25, -0.2) is 0 Å². The number of fused-ring (bicyclic) bond motifs is 1. The molecule has 7 unspecified atom stereocenters. The molecule has 0 radical (unpaired) electrons. The molecule has 164 valence electrons. The molecule has 6 heteroatoms. The third-order valence-corrected chi connectivity index (χ3v) is 6.56. The van der Waals surface area contributed by atoms with Crippen LogP contribution in [0.25, 0.3) is 0 Å². The fraction of sp³-hybridized carbons (Fsp3) is 0.783. The van der Waals surface area contributed by atoms with Gasteiger partial charge in [-0.1, -0.05) is 26.5 Å². The zero-order valence-corrected chi connectivity index (χ0v) is 17.9. The van der Waals surface area contributed by atoms with Crippen molar-refractivity contribution in [3.63, 3.8) is 0 Å². The van der Waals surface area contributed by atoms with E-state index in [0.717, 1.165) is 30.4 Å². The summed E-state index contributed by atoms with van der Waals surface area (Å²) < 4.78 is 17.4. The van der Waals surface area contributed by atoms with E-state index in [-0.39, 0.29) is 36.1 Å². The molecule has 0 aromatic heterocycles. The lowest BCUT2D eigenvalue weighted by Gasteiger charge is -2.35. The van der Waals surface area contributed by atoms with Crippen LogP contribution < -0.4 is 0 Å². The maximum Gasteiger partial charge on any atom is 0.313 e. The first-order chi connectivity index (χ1) is 13.8.